The number of benzene rings is 1. The SMILES string of the molecule is N=[S@@](=O)(c1ccc(CC2CC3(C2)CN(C(=O)N2CC4(CC(c5nnc(C6CC6)[nH]5)C4)C2)C3)cc1)C(F)(F)F. The van der Waals surface area contributed by atoms with E-state index in [1.165, 1.54) is 12.8 Å². The molecule has 8 nitrogen and oxygen atoms in total. The van der Waals surface area contributed by atoms with Gasteiger partial charge in [-0.3, -0.25) is 0 Å². The highest BCUT2D eigenvalue weighted by molar-refractivity contribution is 7.93. The lowest BCUT2D eigenvalue weighted by atomic mass is 9.56. The van der Waals surface area contributed by atoms with Crippen molar-refractivity contribution in [3.05, 3.63) is 41.5 Å². The minimum atomic E-state index is -5.07. The Kier molecular flexibility index (Phi) is 5.11. The zero-order valence-electron chi connectivity index (χ0n) is 21.0. The maximum atomic E-state index is 13.0. The first kappa shape index (κ1) is 24.4. The highest BCUT2D eigenvalue weighted by Gasteiger charge is 2.58. The van der Waals surface area contributed by atoms with Gasteiger partial charge in [-0.05, 0) is 68.6 Å². The van der Waals surface area contributed by atoms with E-state index in [1.54, 1.807) is 12.1 Å². The molecule has 204 valence electrons. The van der Waals surface area contributed by atoms with Crippen molar-refractivity contribution in [3.8, 4) is 0 Å². The number of likely N-dealkylation sites (tertiary alicyclic amines) is 2. The van der Waals surface area contributed by atoms with Gasteiger partial charge in [0, 0.05) is 48.8 Å². The number of rotatable bonds is 5. The average Bonchev–Trinajstić information content (AvgIpc) is 3.49. The molecule has 38 heavy (non-hydrogen) atoms. The number of aromatic nitrogens is 3. The molecule has 5 aliphatic rings. The highest BCUT2D eigenvalue weighted by atomic mass is 32.2. The summed E-state index contributed by atoms with van der Waals surface area (Å²) in [4.78, 5) is 19.8. The number of alkyl halides is 3. The minimum absolute atomic E-state index is 0.142. The lowest BCUT2D eigenvalue weighted by molar-refractivity contribution is -0.100. The summed E-state index contributed by atoms with van der Waals surface area (Å²) in [7, 11) is -4.81. The van der Waals surface area contributed by atoms with Crippen molar-refractivity contribution in [1.29, 1.82) is 4.78 Å². The van der Waals surface area contributed by atoms with Crippen LogP contribution in [0.2, 0.25) is 0 Å². The Morgan fingerprint density at radius 1 is 0.947 bits per heavy atom. The van der Waals surface area contributed by atoms with Gasteiger partial charge in [0.25, 0.3) is 0 Å². The fourth-order valence-corrected chi connectivity index (χ4v) is 8.09. The third-order valence-electron chi connectivity index (χ3n) is 9.43. The molecule has 12 heteroatoms. The second kappa shape index (κ2) is 7.95. The van der Waals surface area contributed by atoms with E-state index in [0.717, 1.165) is 87.6 Å². The number of hydrogen-bond acceptors (Lipinski definition) is 5. The zero-order chi connectivity index (χ0) is 26.5. The Morgan fingerprint density at radius 2 is 1.47 bits per heavy atom. The van der Waals surface area contributed by atoms with Crippen LogP contribution in [-0.4, -0.2) is 66.9 Å². The predicted molar refractivity (Wildman–Crippen MR) is 132 cm³/mol. The van der Waals surface area contributed by atoms with Crippen LogP contribution >= 0.6 is 0 Å². The van der Waals surface area contributed by atoms with Gasteiger partial charge in [-0.25, -0.2) is 13.8 Å². The van der Waals surface area contributed by atoms with Gasteiger partial charge in [0.15, 0.2) is 9.73 Å². The third kappa shape index (κ3) is 3.93. The first-order chi connectivity index (χ1) is 17.9. The van der Waals surface area contributed by atoms with Crippen molar-refractivity contribution in [2.24, 2.45) is 16.7 Å². The molecule has 3 saturated carbocycles. The van der Waals surface area contributed by atoms with Crippen LogP contribution < -0.4 is 0 Å². The molecule has 0 unspecified atom stereocenters. The molecule has 0 bridgehead atoms. The largest absolute Gasteiger partial charge is 0.483 e. The van der Waals surface area contributed by atoms with E-state index in [0.29, 0.717) is 17.8 Å². The maximum Gasteiger partial charge on any atom is 0.483 e. The fraction of sp³-hybridized carbons (Fsp3) is 0.654. The van der Waals surface area contributed by atoms with Gasteiger partial charge < -0.3 is 14.8 Å². The number of nitrogens with one attached hydrogen (secondary N) is 2. The number of hydrogen-bond donors (Lipinski definition) is 2. The van der Waals surface area contributed by atoms with Crippen LogP contribution in [0.1, 0.15) is 67.6 Å². The molecule has 2 spiro atoms. The molecule has 2 saturated heterocycles. The van der Waals surface area contributed by atoms with E-state index in [4.69, 9.17) is 4.78 Å². The van der Waals surface area contributed by atoms with Crippen LogP contribution in [0.3, 0.4) is 0 Å². The molecule has 3 aliphatic carbocycles. The highest BCUT2D eigenvalue weighted by Crippen LogP contribution is 2.57. The van der Waals surface area contributed by atoms with Crippen molar-refractivity contribution in [2.45, 2.75) is 67.2 Å². The van der Waals surface area contributed by atoms with Gasteiger partial charge >= 0.3 is 11.5 Å². The lowest BCUT2D eigenvalue weighted by Crippen LogP contribution is -2.70. The topological polar surface area (TPSA) is 106 Å². The van der Waals surface area contributed by atoms with Crippen molar-refractivity contribution in [3.63, 3.8) is 0 Å². The van der Waals surface area contributed by atoms with E-state index in [9.17, 15) is 22.2 Å². The van der Waals surface area contributed by atoms with E-state index in [1.807, 2.05) is 9.80 Å². The monoisotopic (exact) mass is 548 g/mol. The van der Waals surface area contributed by atoms with Crippen LogP contribution in [0.25, 0.3) is 0 Å². The van der Waals surface area contributed by atoms with Crippen molar-refractivity contribution in [2.75, 3.05) is 26.2 Å². The van der Waals surface area contributed by atoms with E-state index >= 15 is 0 Å². The molecular formula is C26H31F3N6O2S. The molecule has 1 atom stereocenters. The lowest BCUT2D eigenvalue weighted by Gasteiger charge is -2.63. The van der Waals surface area contributed by atoms with Crippen molar-refractivity contribution in [1.82, 2.24) is 25.0 Å². The van der Waals surface area contributed by atoms with Crippen LogP contribution in [0.5, 0.6) is 0 Å². The molecule has 2 amide bonds. The van der Waals surface area contributed by atoms with Gasteiger partial charge in [-0.15, -0.1) is 10.2 Å². The molecule has 0 radical (unpaired) electrons. The first-order valence-corrected chi connectivity index (χ1v) is 14.9. The number of urea groups is 1. The number of carbonyl (C=O) groups is 1. The van der Waals surface area contributed by atoms with E-state index in [-0.39, 0.29) is 16.9 Å². The summed E-state index contributed by atoms with van der Waals surface area (Å²) in [5, 5.41) is 8.66. The summed E-state index contributed by atoms with van der Waals surface area (Å²) in [6.07, 6.45) is 7.29. The molecule has 7 rings (SSSR count). The number of carbonyl (C=O) groups excluding carboxylic acids is 1. The second-order valence-corrected chi connectivity index (χ2v) is 14.6. The van der Waals surface area contributed by atoms with E-state index in [2.05, 4.69) is 15.2 Å². The molecular weight excluding hydrogens is 517 g/mol. The molecule has 5 fully saturated rings. The maximum absolute atomic E-state index is 13.0. The quantitative estimate of drug-likeness (QED) is 0.557. The number of amides is 2. The van der Waals surface area contributed by atoms with Crippen LogP contribution in [-0.2, 0) is 16.1 Å². The second-order valence-electron chi connectivity index (χ2n) is 12.6. The van der Waals surface area contributed by atoms with Crippen LogP contribution in [0.4, 0.5) is 18.0 Å². The number of H-pyrrole nitrogens is 1. The number of halogens is 3. The summed E-state index contributed by atoms with van der Waals surface area (Å²) in [6.45, 7) is 3.21. The first-order valence-electron chi connectivity index (χ1n) is 13.3. The van der Waals surface area contributed by atoms with Crippen LogP contribution in [0, 0.1) is 21.5 Å². The van der Waals surface area contributed by atoms with E-state index < -0.39 is 20.1 Å². The smallest absolute Gasteiger partial charge is 0.328 e. The summed E-state index contributed by atoms with van der Waals surface area (Å²) < 4.78 is 57.5. The zero-order valence-corrected chi connectivity index (χ0v) is 21.8. The van der Waals surface area contributed by atoms with Gasteiger partial charge in [0.2, 0.25) is 0 Å². The van der Waals surface area contributed by atoms with Crippen molar-refractivity contribution >= 4 is 15.8 Å². The standard InChI is InChI=1S/C26H31F3N6O2S/c27-26(28,29)38(30,37)20-5-1-16(2-6-20)7-17-8-24(9-17)12-34(13-24)23(36)35-14-25(15-35)10-19(11-25)22-31-21(32-33-22)18-3-4-18/h1-2,5-6,17-19,30H,3-4,7-15H2,(H,31,32,33)/t38-/m1/s1. The molecule has 2 N–H and O–H groups in total. The third-order valence-corrected chi connectivity index (χ3v) is 11.0. The number of aromatic amines is 1. The Bertz CT molecular complexity index is 1360. The van der Waals surface area contributed by atoms with Gasteiger partial charge in [-0.1, -0.05) is 12.1 Å². The molecule has 2 aliphatic heterocycles. The Labute approximate surface area is 219 Å². The Balaban J connectivity index is 0.842. The average molecular weight is 549 g/mol. The number of nitrogens with zero attached hydrogens (tertiary/aromatic N) is 4. The van der Waals surface area contributed by atoms with Crippen LogP contribution in [0.15, 0.2) is 29.2 Å². The van der Waals surface area contributed by atoms with Crippen molar-refractivity contribution < 1.29 is 22.2 Å². The fourth-order valence-electron chi connectivity index (χ4n) is 7.30. The molecule has 1 aromatic heterocycles. The van der Waals surface area contributed by atoms with Gasteiger partial charge in [0.05, 0.1) is 4.90 Å². The molecule has 2 aromatic rings. The summed E-state index contributed by atoms with van der Waals surface area (Å²) in [5.41, 5.74) is -3.75. The predicted octanol–water partition coefficient (Wildman–Crippen LogP) is 4.86. The van der Waals surface area contributed by atoms with Gasteiger partial charge in [0.1, 0.15) is 11.6 Å². The normalized spacial score (nSPS) is 25.9. The minimum Gasteiger partial charge on any atom is -0.328 e. The summed E-state index contributed by atoms with van der Waals surface area (Å²) >= 11 is 0. The summed E-state index contributed by atoms with van der Waals surface area (Å²) in [5.74, 6) is 3.49. The summed E-state index contributed by atoms with van der Waals surface area (Å²) in [6, 6.07) is 5.57. The Morgan fingerprint density at radius 3 is 2.00 bits per heavy atom. The Hall–Kier alpha value is -2.63. The van der Waals surface area contributed by atoms with Gasteiger partial charge in [-0.2, -0.15) is 13.2 Å². The molecule has 1 aromatic carbocycles. The molecule has 3 heterocycles.